The second-order valence-electron chi connectivity index (χ2n) is 5.79. The van der Waals surface area contributed by atoms with Crippen LogP contribution in [0.1, 0.15) is 37.2 Å². The van der Waals surface area contributed by atoms with Crippen molar-refractivity contribution in [3.63, 3.8) is 0 Å². The van der Waals surface area contributed by atoms with Gasteiger partial charge in [-0.3, -0.25) is 0 Å². The summed E-state index contributed by atoms with van der Waals surface area (Å²) in [6, 6.07) is 6.92. The highest BCUT2D eigenvalue weighted by Gasteiger charge is 2.38. The summed E-state index contributed by atoms with van der Waals surface area (Å²) >= 11 is 12.1. The highest BCUT2D eigenvalue weighted by atomic mass is 35.5. The molecule has 1 aromatic rings. The predicted molar refractivity (Wildman–Crippen MR) is 77.6 cm³/mol. The lowest BCUT2D eigenvalue weighted by Gasteiger charge is -2.34. The van der Waals surface area contributed by atoms with Crippen molar-refractivity contribution in [2.75, 3.05) is 13.6 Å². The largest absolute Gasteiger partial charge is 0.303 e. The number of rotatable bonds is 1. The summed E-state index contributed by atoms with van der Waals surface area (Å²) in [5.41, 5.74) is 1.37. The molecule has 0 amide bonds. The lowest BCUT2D eigenvalue weighted by molar-refractivity contribution is 0.144. The summed E-state index contributed by atoms with van der Waals surface area (Å²) in [6.45, 7) is 1.26. The molecule has 0 spiro atoms. The van der Waals surface area contributed by atoms with Gasteiger partial charge in [-0.1, -0.05) is 29.3 Å². The van der Waals surface area contributed by atoms with Gasteiger partial charge in [-0.25, -0.2) is 0 Å². The minimum Gasteiger partial charge on any atom is -0.303 e. The van der Waals surface area contributed by atoms with Crippen molar-refractivity contribution in [3.8, 4) is 0 Å². The van der Waals surface area contributed by atoms with Crippen molar-refractivity contribution in [2.24, 2.45) is 5.92 Å². The summed E-state index contributed by atoms with van der Waals surface area (Å²) < 4.78 is 0. The van der Waals surface area contributed by atoms with E-state index in [-0.39, 0.29) is 0 Å². The van der Waals surface area contributed by atoms with E-state index in [1.807, 2.05) is 6.07 Å². The van der Waals surface area contributed by atoms with Crippen LogP contribution in [0.5, 0.6) is 0 Å². The molecule has 3 atom stereocenters. The Labute approximate surface area is 119 Å². The molecule has 1 aliphatic carbocycles. The van der Waals surface area contributed by atoms with Gasteiger partial charge in [-0.05, 0) is 68.8 Å². The van der Waals surface area contributed by atoms with E-state index in [1.165, 1.54) is 37.8 Å². The SMILES string of the molecule is CN1CCCC2C[C@H](c3ccc(Cl)c(Cl)c3)CC21. The number of hydrogen-bond donors (Lipinski definition) is 0. The molecule has 18 heavy (non-hydrogen) atoms. The standard InChI is InChI=1S/C15H19Cl2N/c1-18-6-2-3-11-7-12(9-15(11)18)10-4-5-13(16)14(17)8-10/h4-5,8,11-12,15H,2-3,6-7,9H2,1H3/t11?,12-,15?/m0/s1. The molecule has 1 heterocycles. The minimum atomic E-state index is 0.660. The molecule has 2 fully saturated rings. The first kappa shape index (κ1) is 12.8. The lowest BCUT2D eigenvalue weighted by atomic mass is 9.92. The zero-order valence-corrected chi connectivity index (χ0v) is 12.2. The Morgan fingerprint density at radius 1 is 1.17 bits per heavy atom. The summed E-state index contributed by atoms with van der Waals surface area (Å²) in [5.74, 6) is 1.54. The molecule has 2 aliphatic rings. The van der Waals surface area contributed by atoms with E-state index in [0.29, 0.717) is 16.0 Å². The fourth-order valence-electron chi connectivity index (χ4n) is 3.76. The minimum absolute atomic E-state index is 0.660. The molecule has 3 rings (SSSR count). The second-order valence-corrected chi connectivity index (χ2v) is 6.61. The number of benzene rings is 1. The molecule has 1 saturated carbocycles. The van der Waals surface area contributed by atoms with E-state index in [4.69, 9.17) is 23.2 Å². The molecule has 1 saturated heterocycles. The van der Waals surface area contributed by atoms with Crippen LogP contribution in [-0.2, 0) is 0 Å². The van der Waals surface area contributed by atoms with Crippen molar-refractivity contribution < 1.29 is 0 Å². The molecule has 2 unspecified atom stereocenters. The van der Waals surface area contributed by atoms with Crippen LogP contribution >= 0.6 is 23.2 Å². The molecule has 1 aliphatic heterocycles. The maximum Gasteiger partial charge on any atom is 0.0595 e. The van der Waals surface area contributed by atoms with E-state index in [0.717, 1.165) is 12.0 Å². The third kappa shape index (κ3) is 2.29. The third-order valence-electron chi connectivity index (χ3n) is 4.72. The molecule has 1 nitrogen and oxygen atoms in total. The van der Waals surface area contributed by atoms with Gasteiger partial charge in [-0.15, -0.1) is 0 Å². The molecule has 0 aromatic heterocycles. The highest BCUT2D eigenvalue weighted by molar-refractivity contribution is 6.42. The summed E-state index contributed by atoms with van der Waals surface area (Å²) in [6.07, 6.45) is 5.34. The van der Waals surface area contributed by atoms with E-state index in [2.05, 4.69) is 24.1 Å². The Bertz CT molecular complexity index is 446. The van der Waals surface area contributed by atoms with Crippen molar-refractivity contribution in [3.05, 3.63) is 33.8 Å². The van der Waals surface area contributed by atoms with Gasteiger partial charge in [-0.2, -0.15) is 0 Å². The van der Waals surface area contributed by atoms with Crippen LogP contribution in [0.25, 0.3) is 0 Å². The zero-order valence-electron chi connectivity index (χ0n) is 10.7. The fraction of sp³-hybridized carbons (Fsp3) is 0.600. The molecule has 0 bridgehead atoms. The van der Waals surface area contributed by atoms with E-state index in [9.17, 15) is 0 Å². The second kappa shape index (κ2) is 5.03. The summed E-state index contributed by atoms with van der Waals surface area (Å²) in [4.78, 5) is 2.55. The monoisotopic (exact) mass is 283 g/mol. The van der Waals surface area contributed by atoms with Gasteiger partial charge in [0.2, 0.25) is 0 Å². The molecular formula is C15H19Cl2N. The van der Waals surface area contributed by atoms with Crippen LogP contribution in [0, 0.1) is 5.92 Å². The van der Waals surface area contributed by atoms with Crippen molar-refractivity contribution in [2.45, 2.75) is 37.6 Å². The summed E-state index contributed by atoms with van der Waals surface area (Å²) in [5, 5.41) is 1.35. The van der Waals surface area contributed by atoms with Gasteiger partial charge in [0.05, 0.1) is 10.0 Å². The van der Waals surface area contributed by atoms with Gasteiger partial charge < -0.3 is 4.90 Å². The number of hydrogen-bond acceptors (Lipinski definition) is 1. The molecule has 3 heteroatoms. The Morgan fingerprint density at radius 2 is 2.00 bits per heavy atom. The Balaban J connectivity index is 1.80. The van der Waals surface area contributed by atoms with Crippen molar-refractivity contribution >= 4 is 23.2 Å². The van der Waals surface area contributed by atoms with Gasteiger partial charge in [0.15, 0.2) is 0 Å². The van der Waals surface area contributed by atoms with Crippen LogP contribution < -0.4 is 0 Å². The van der Waals surface area contributed by atoms with Crippen LogP contribution in [0.2, 0.25) is 10.0 Å². The highest BCUT2D eigenvalue weighted by Crippen LogP contribution is 2.45. The normalized spacial score (nSPS) is 32.5. The summed E-state index contributed by atoms with van der Waals surface area (Å²) in [7, 11) is 2.27. The Kier molecular flexibility index (Phi) is 3.57. The predicted octanol–water partition coefficient (Wildman–Crippen LogP) is 4.58. The molecule has 98 valence electrons. The first-order chi connectivity index (χ1) is 8.65. The maximum atomic E-state index is 6.13. The number of halogens is 2. The van der Waals surface area contributed by atoms with Gasteiger partial charge in [0.25, 0.3) is 0 Å². The first-order valence-corrected chi connectivity index (χ1v) is 7.56. The number of nitrogens with zero attached hydrogens (tertiary/aromatic N) is 1. The van der Waals surface area contributed by atoms with Gasteiger partial charge in [0, 0.05) is 6.04 Å². The maximum absolute atomic E-state index is 6.13. The number of piperidine rings is 1. The van der Waals surface area contributed by atoms with Crippen molar-refractivity contribution in [1.29, 1.82) is 0 Å². The zero-order chi connectivity index (χ0) is 12.7. The molecular weight excluding hydrogens is 265 g/mol. The first-order valence-electron chi connectivity index (χ1n) is 6.80. The molecule has 1 aromatic carbocycles. The average molecular weight is 284 g/mol. The van der Waals surface area contributed by atoms with Gasteiger partial charge >= 0.3 is 0 Å². The molecule has 0 radical (unpaired) electrons. The van der Waals surface area contributed by atoms with E-state index >= 15 is 0 Å². The van der Waals surface area contributed by atoms with E-state index in [1.54, 1.807) is 0 Å². The fourth-order valence-corrected chi connectivity index (χ4v) is 4.07. The lowest BCUT2D eigenvalue weighted by Crippen LogP contribution is -2.39. The Hall–Kier alpha value is -0.240. The van der Waals surface area contributed by atoms with Gasteiger partial charge in [0.1, 0.15) is 0 Å². The van der Waals surface area contributed by atoms with Crippen molar-refractivity contribution in [1.82, 2.24) is 4.90 Å². The van der Waals surface area contributed by atoms with E-state index < -0.39 is 0 Å². The smallest absolute Gasteiger partial charge is 0.0595 e. The third-order valence-corrected chi connectivity index (χ3v) is 5.46. The van der Waals surface area contributed by atoms with Crippen LogP contribution in [-0.4, -0.2) is 24.5 Å². The quantitative estimate of drug-likeness (QED) is 0.729. The topological polar surface area (TPSA) is 3.24 Å². The van der Waals surface area contributed by atoms with Crippen LogP contribution in [0.4, 0.5) is 0 Å². The average Bonchev–Trinajstić information content (AvgIpc) is 2.78. The number of likely N-dealkylation sites (tertiary alicyclic amines) is 1. The molecule has 0 N–H and O–H groups in total. The van der Waals surface area contributed by atoms with Crippen LogP contribution in [0.15, 0.2) is 18.2 Å². The Morgan fingerprint density at radius 3 is 2.72 bits per heavy atom. The number of fused-ring (bicyclic) bond motifs is 1. The van der Waals surface area contributed by atoms with Crippen LogP contribution in [0.3, 0.4) is 0 Å².